The minimum Gasteiger partial charge on any atom is -0.376 e. The Morgan fingerprint density at radius 3 is 3.11 bits per heavy atom. The fourth-order valence-electron chi connectivity index (χ4n) is 3.15. The molecule has 1 aromatic carbocycles. The summed E-state index contributed by atoms with van der Waals surface area (Å²) in [6.07, 6.45) is 4.07. The molecule has 0 saturated carbocycles. The molecule has 0 spiro atoms. The van der Waals surface area contributed by atoms with Crippen molar-refractivity contribution in [3.8, 4) is 0 Å². The van der Waals surface area contributed by atoms with Crippen LogP contribution in [0.2, 0.25) is 0 Å². The first-order valence-electron chi connectivity index (χ1n) is 7.44. The average molecular weight is 260 g/mol. The van der Waals surface area contributed by atoms with E-state index in [1.807, 2.05) is 7.05 Å². The number of nitrogens with one attached hydrogen (secondary N) is 1. The second-order valence-corrected chi connectivity index (χ2v) is 5.73. The van der Waals surface area contributed by atoms with E-state index in [4.69, 9.17) is 4.74 Å². The van der Waals surface area contributed by atoms with Crippen LogP contribution < -0.4 is 10.2 Å². The van der Waals surface area contributed by atoms with E-state index in [0.717, 1.165) is 19.7 Å². The van der Waals surface area contributed by atoms with Gasteiger partial charge in [0.1, 0.15) is 0 Å². The summed E-state index contributed by atoms with van der Waals surface area (Å²) in [5.74, 6) is 0. The Hall–Kier alpha value is -1.06. The van der Waals surface area contributed by atoms with Crippen molar-refractivity contribution >= 4 is 5.69 Å². The third-order valence-corrected chi connectivity index (χ3v) is 4.48. The molecule has 2 unspecified atom stereocenters. The predicted octanol–water partition coefficient (Wildman–Crippen LogP) is 2.51. The van der Waals surface area contributed by atoms with Crippen molar-refractivity contribution in [1.29, 1.82) is 0 Å². The van der Waals surface area contributed by atoms with Crippen LogP contribution in [-0.4, -0.2) is 32.8 Å². The van der Waals surface area contributed by atoms with E-state index < -0.39 is 0 Å². The zero-order valence-electron chi connectivity index (χ0n) is 12.0. The van der Waals surface area contributed by atoms with Gasteiger partial charge in [0, 0.05) is 31.4 Å². The van der Waals surface area contributed by atoms with E-state index in [-0.39, 0.29) is 0 Å². The monoisotopic (exact) mass is 260 g/mol. The Kier molecular flexibility index (Phi) is 3.76. The summed E-state index contributed by atoms with van der Waals surface area (Å²) < 4.78 is 5.76. The largest absolute Gasteiger partial charge is 0.376 e. The molecule has 1 fully saturated rings. The van der Waals surface area contributed by atoms with Crippen LogP contribution in [-0.2, 0) is 11.2 Å². The molecular formula is C16H24N2O. The zero-order chi connectivity index (χ0) is 13.2. The molecule has 1 N–H and O–H groups in total. The first-order chi connectivity index (χ1) is 9.28. The molecule has 0 amide bonds. The maximum atomic E-state index is 5.76. The van der Waals surface area contributed by atoms with Crippen LogP contribution in [0.4, 0.5) is 5.69 Å². The predicted molar refractivity (Wildman–Crippen MR) is 78.8 cm³/mol. The first-order valence-corrected chi connectivity index (χ1v) is 7.44. The van der Waals surface area contributed by atoms with Gasteiger partial charge in [-0.05, 0) is 50.4 Å². The van der Waals surface area contributed by atoms with Crippen LogP contribution in [0.5, 0.6) is 0 Å². The third-order valence-electron chi connectivity index (χ3n) is 4.48. The summed E-state index contributed by atoms with van der Waals surface area (Å²) in [6.45, 7) is 5.37. The number of anilines is 1. The topological polar surface area (TPSA) is 24.5 Å². The fourth-order valence-corrected chi connectivity index (χ4v) is 3.15. The molecule has 19 heavy (non-hydrogen) atoms. The lowest BCUT2D eigenvalue weighted by Crippen LogP contribution is -2.30. The highest BCUT2D eigenvalue weighted by molar-refractivity contribution is 5.59. The molecular weight excluding hydrogens is 236 g/mol. The maximum absolute atomic E-state index is 5.76. The standard InChI is InChI=1S/C16H24N2O/c1-12(17-2)13-5-6-16-14(10-13)7-8-18(16)11-15-4-3-9-19-15/h5-6,10,12,15,17H,3-4,7-9,11H2,1-2H3. The van der Waals surface area contributed by atoms with Gasteiger partial charge in [-0.1, -0.05) is 12.1 Å². The number of fused-ring (bicyclic) bond motifs is 1. The van der Waals surface area contributed by atoms with Crippen molar-refractivity contribution in [1.82, 2.24) is 5.32 Å². The van der Waals surface area contributed by atoms with Crippen LogP contribution in [0.25, 0.3) is 0 Å². The Balaban J connectivity index is 1.73. The maximum Gasteiger partial charge on any atom is 0.0750 e. The molecule has 2 aliphatic rings. The number of rotatable bonds is 4. The summed E-state index contributed by atoms with van der Waals surface area (Å²) >= 11 is 0. The molecule has 3 nitrogen and oxygen atoms in total. The number of ether oxygens (including phenoxy) is 1. The van der Waals surface area contributed by atoms with Crippen LogP contribution in [0, 0.1) is 0 Å². The van der Waals surface area contributed by atoms with Gasteiger partial charge in [-0.15, -0.1) is 0 Å². The Morgan fingerprint density at radius 2 is 2.37 bits per heavy atom. The molecule has 1 aromatic rings. The number of hydrogen-bond donors (Lipinski definition) is 1. The van der Waals surface area contributed by atoms with Crippen molar-refractivity contribution in [2.45, 2.75) is 38.3 Å². The van der Waals surface area contributed by atoms with Gasteiger partial charge in [0.05, 0.1) is 6.10 Å². The average Bonchev–Trinajstić information content (AvgIpc) is 3.08. The smallest absolute Gasteiger partial charge is 0.0750 e. The van der Waals surface area contributed by atoms with Gasteiger partial charge in [-0.2, -0.15) is 0 Å². The Bertz CT molecular complexity index is 440. The summed E-state index contributed by atoms with van der Waals surface area (Å²) in [5, 5.41) is 3.31. The number of nitrogens with zero attached hydrogens (tertiary/aromatic N) is 1. The minimum absolute atomic E-state index is 0.428. The van der Waals surface area contributed by atoms with Crippen molar-refractivity contribution in [2.75, 3.05) is 31.6 Å². The molecule has 3 heteroatoms. The SMILES string of the molecule is CNC(C)c1ccc2c(c1)CCN2CC1CCCO1. The van der Waals surface area contributed by atoms with Gasteiger partial charge in [-0.25, -0.2) is 0 Å². The van der Waals surface area contributed by atoms with Gasteiger partial charge >= 0.3 is 0 Å². The van der Waals surface area contributed by atoms with Crippen molar-refractivity contribution in [2.24, 2.45) is 0 Å². The summed E-state index contributed by atoms with van der Waals surface area (Å²) in [6, 6.07) is 7.35. The highest BCUT2D eigenvalue weighted by Crippen LogP contribution is 2.31. The molecule has 1 saturated heterocycles. The Morgan fingerprint density at radius 1 is 1.47 bits per heavy atom. The molecule has 0 bridgehead atoms. The van der Waals surface area contributed by atoms with Gasteiger partial charge < -0.3 is 15.0 Å². The molecule has 3 rings (SSSR count). The van der Waals surface area contributed by atoms with Crippen molar-refractivity contribution in [3.63, 3.8) is 0 Å². The van der Waals surface area contributed by atoms with Crippen LogP contribution in [0.3, 0.4) is 0 Å². The van der Waals surface area contributed by atoms with Gasteiger partial charge in [0.25, 0.3) is 0 Å². The first kappa shape index (κ1) is 12.9. The lowest BCUT2D eigenvalue weighted by Gasteiger charge is -2.23. The van der Waals surface area contributed by atoms with Gasteiger partial charge in [0.15, 0.2) is 0 Å². The second kappa shape index (κ2) is 5.51. The number of hydrogen-bond acceptors (Lipinski definition) is 3. The molecule has 0 radical (unpaired) electrons. The summed E-state index contributed by atoms with van der Waals surface area (Å²) in [5.41, 5.74) is 4.31. The number of benzene rings is 1. The molecule has 2 heterocycles. The molecule has 2 aliphatic heterocycles. The summed E-state index contributed by atoms with van der Waals surface area (Å²) in [7, 11) is 2.02. The van der Waals surface area contributed by atoms with Crippen LogP contribution in [0.1, 0.15) is 36.9 Å². The second-order valence-electron chi connectivity index (χ2n) is 5.73. The van der Waals surface area contributed by atoms with E-state index in [1.54, 1.807) is 0 Å². The summed E-state index contributed by atoms with van der Waals surface area (Å²) in [4.78, 5) is 2.50. The normalized spacial score (nSPS) is 23.7. The lowest BCUT2D eigenvalue weighted by atomic mass is 10.0. The van der Waals surface area contributed by atoms with Gasteiger partial charge in [0.2, 0.25) is 0 Å². The highest BCUT2D eigenvalue weighted by Gasteiger charge is 2.24. The lowest BCUT2D eigenvalue weighted by molar-refractivity contribution is 0.116. The van der Waals surface area contributed by atoms with Crippen molar-refractivity contribution < 1.29 is 4.74 Å². The third kappa shape index (κ3) is 2.63. The van der Waals surface area contributed by atoms with E-state index in [0.29, 0.717) is 12.1 Å². The molecule has 0 aliphatic carbocycles. The molecule has 2 atom stereocenters. The molecule has 0 aromatic heterocycles. The highest BCUT2D eigenvalue weighted by atomic mass is 16.5. The quantitative estimate of drug-likeness (QED) is 0.900. The van der Waals surface area contributed by atoms with E-state index in [9.17, 15) is 0 Å². The van der Waals surface area contributed by atoms with Crippen molar-refractivity contribution in [3.05, 3.63) is 29.3 Å². The van der Waals surface area contributed by atoms with E-state index in [2.05, 4.69) is 35.3 Å². The van der Waals surface area contributed by atoms with Crippen LogP contribution in [0.15, 0.2) is 18.2 Å². The zero-order valence-corrected chi connectivity index (χ0v) is 12.0. The van der Waals surface area contributed by atoms with Gasteiger partial charge in [-0.3, -0.25) is 0 Å². The minimum atomic E-state index is 0.428. The van der Waals surface area contributed by atoms with Crippen LogP contribution >= 0.6 is 0 Å². The fraction of sp³-hybridized carbons (Fsp3) is 0.625. The van der Waals surface area contributed by atoms with E-state index >= 15 is 0 Å². The molecule has 104 valence electrons. The Labute approximate surface area is 115 Å². The van der Waals surface area contributed by atoms with E-state index in [1.165, 1.54) is 36.1 Å².